The fraction of sp³-hybridized carbons (Fsp3) is 0.310. The average Bonchev–Trinajstić information content (AvgIpc) is 3.22. The molecule has 2 heterocycles. The Hall–Kier alpha value is -3.64. The normalized spacial score (nSPS) is 11.5. The van der Waals surface area contributed by atoms with E-state index in [0.717, 1.165) is 29.9 Å². The Morgan fingerprint density at radius 2 is 1.71 bits per heavy atom. The molecule has 0 unspecified atom stereocenters. The average molecular weight is 470 g/mol. The summed E-state index contributed by atoms with van der Waals surface area (Å²) in [5.41, 5.74) is 5.32. The van der Waals surface area contributed by atoms with E-state index in [1.807, 2.05) is 36.4 Å². The fourth-order valence-corrected chi connectivity index (χ4v) is 4.59. The van der Waals surface area contributed by atoms with Gasteiger partial charge in [-0.1, -0.05) is 24.3 Å². The molecular weight excluding hydrogens is 434 g/mol. The van der Waals surface area contributed by atoms with Crippen LogP contribution in [0.5, 0.6) is 0 Å². The zero-order valence-electron chi connectivity index (χ0n) is 21.0. The SMILES string of the molecule is CC(C)N(CCc1cn(-c2ccc(NC(=O)NCc3cccnc3)cc2)c2ccccc12)C(C)C. The number of para-hydroxylation sites is 1. The molecule has 2 N–H and O–H groups in total. The molecule has 0 saturated carbocycles. The number of hydrogen-bond donors (Lipinski definition) is 2. The van der Waals surface area contributed by atoms with Gasteiger partial charge < -0.3 is 15.2 Å². The van der Waals surface area contributed by atoms with Crippen molar-refractivity contribution in [3.05, 3.63) is 90.4 Å². The highest BCUT2D eigenvalue weighted by Crippen LogP contribution is 2.26. The van der Waals surface area contributed by atoms with Crippen molar-refractivity contribution in [2.75, 3.05) is 11.9 Å². The van der Waals surface area contributed by atoms with Gasteiger partial charge in [0.05, 0.1) is 5.52 Å². The smallest absolute Gasteiger partial charge is 0.319 e. The summed E-state index contributed by atoms with van der Waals surface area (Å²) in [6.07, 6.45) is 6.72. The summed E-state index contributed by atoms with van der Waals surface area (Å²) >= 11 is 0. The summed E-state index contributed by atoms with van der Waals surface area (Å²) in [6, 6.07) is 21.1. The van der Waals surface area contributed by atoms with Gasteiger partial charge in [0, 0.05) is 60.5 Å². The van der Waals surface area contributed by atoms with E-state index in [0.29, 0.717) is 18.6 Å². The van der Waals surface area contributed by atoms with Gasteiger partial charge in [-0.05, 0) is 81.6 Å². The van der Waals surface area contributed by atoms with Crippen LogP contribution < -0.4 is 10.6 Å². The van der Waals surface area contributed by atoms with E-state index < -0.39 is 0 Å². The summed E-state index contributed by atoms with van der Waals surface area (Å²) in [6.45, 7) is 10.5. The van der Waals surface area contributed by atoms with Crippen molar-refractivity contribution in [1.82, 2.24) is 19.8 Å². The Balaban J connectivity index is 1.47. The van der Waals surface area contributed by atoms with Crippen LogP contribution in [-0.2, 0) is 13.0 Å². The number of hydrogen-bond acceptors (Lipinski definition) is 3. The first-order valence-electron chi connectivity index (χ1n) is 12.3. The molecule has 0 radical (unpaired) electrons. The maximum atomic E-state index is 12.3. The largest absolute Gasteiger partial charge is 0.334 e. The number of rotatable bonds is 9. The van der Waals surface area contributed by atoms with Crippen LogP contribution in [0.1, 0.15) is 38.8 Å². The van der Waals surface area contributed by atoms with Gasteiger partial charge in [0.25, 0.3) is 0 Å². The quantitative estimate of drug-likeness (QED) is 0.316. The van der Waals surface area contributed by atoms with Gasteiger partial charge in [0.2, 0.25) is 0 Å². The Kier molecular flexibility index (Phi) is 7.83. The molecule has 6 nitrogen and oxygen atoms in total. The summed E-state index contributed by atoms with van der Waals surface area (Å²) in [5.74, 6) is 0. The number of nitrogens with zero attached hydrogens (tertiary/aromatic N) is 3. The second-order valence-corrected chi connectivity index (χ2v) is 9.43. The zero-order chi connectivity index (χ0) is 24.8. The molecule has 2 aromatic carbocycles. The molecule has 4 rings (SSSR count). The monoisotopic (exact) mass is 469 g/mol. The predicted molar refractivity (Wildman–Crippen MR) is 144 cm³/mol. The molecular formula is C29H35N5O. The molecule has 0 saturated heterocycles. The van der Waals surface area contributed by atoms with Crippen molar-refractivity contribution >= 4 is 22.6 Å². The molecule has 0 aliphatic heterocycles. The Morgan fingerprint density at radius 3 is 2.40 bits per heavy atom. The topological polar surface area (TPSA) is 62.2 Å². The van der Waals surface area contributed by atoms with Crippen molar-refractivity contribution in [3.63, 3.8) is 0 Å². The van der Waals surface area contributed by atoms with E-state index in [-0.39, 0.29) is 6.03 Å². The lowest BCUT2D eigenvalue weighted by Crippen LogP contribution is -2.38. The third-order valence-corrected chi connectivity index (χ3v) is 6.34. The number of carbonyl (C=O) groups is 1. The zero-order valence-corrected chi connectivity index (χ0v) is 21.0. The van der Waals surface area contributed by atoms with Crippen LogP contribution in [0.15, 0.2) is 79.3 Å². The number of aromatic nitrogens is 2. The molecule has 182 valence electrons. The molecule has 4 aromatic rings. The molecule has 0 atom stereocenters. The van der Waals surface area contributed by atoms with Crippen LogP contribution in [0.2, 0.25) is 0 Å². The van der Waals surface area contributed by atoms with Gasteiger partial charge in [-0.2, -0.15) is 0 Å². The number of pyridine rings is 1. The number of nitrogens with one attached hydrogen (secondary N) is 2. The van der Waals surface area contributed by atoms with E-state index in [1.54, 1.807) is 12.4 Å². The maximum absolute atomic E-state index is 12.3. The van der Waals surface area contributed by atoms with Crippen molar-refractivity contribution in [2.45, 2.75) is 52.7 Å². The summed E-state index contributed by atoms with van der Waals surface area (Å²) in [5, 5.41) is 7.05. The number of carbonyl (C=O) groups excluding carboxylic acids is 1. The van der Waals surface area contributed by atoms with Crippen molar-refractivity contribution in [1.29, 1.82) is 0 Å². The van der Waals surface area contributed by atoms with Crippen molar-refractivity contribution in [3.8, 4) is 5.69 Å². The van der Waals surface area contributed by atoms with Crippen LogP contribution in [-0.4, -0.2) is 39.1 Å². The molecule has 0 aliphatic rings. The molecule has 2 amide bonds. The van der Waals surface area contributed by atoms with Gasteiger partial charge in [0.1, 0.15) is 0 Å². The van der Waals surface area contributed by atoms with Crippen LogP contribution in [0.25, 0.3) is 16.6 Å². The minimum Gasteiger partial charge on any atom is -0.334 e. The number of fused-ring (bicyclic) bond motifs is 1. The summed E-state index contributed by atoms with van der Waals surface area (Å²) in [7, 11) is 0. The van der Waals surface area contributed by atoms with E-state index in [1.165, 1.54) is 16.5 Å². The lowest BCUT2D eigenvalue weighted by atomic mass is 10.1. The molecule has 35 heavy (non-hydrogen) atoms. The summed E-state index contributed by atoms with van der Waals surface area (Å²) < 4.78 is 2.24. The van der Waals surface area contributed by atoms with Gasteiger partial charge in [-0.25, -0.2) is 4.79 Å². The summed E-state index contributed by atoms with van der Waals surface area (Å²) in [4.78, 5) is 18.9. The fourth-order valence-electron chi connectivity index (χ4n) is 4.59. The lowest BCUT2D eigenvalue weighted by molar-refractivity contribution is 0.177. The molecule has 6 heteroatoms. The van der Waals surface area contributed by atoms with Crippen LogP contribution in [0.4, 0.5) is 10.5 Å². The molecule has 0 bridgehead atoms. The van der Waals surface area contributed by atoms with Crippen LogP contribution in [0, 0.1) is 0 Å². The van der Waals surface area contributed by atoms with E-state index in [4.69, 9.17) is 0 Å². The number of benzene rings is 2. The molecule has 0 spiro atoms. The number of amides is 2. The molecule has 0 aliphatic carbocycles. The predicted octanol–water partition coefficient (Wildman–Crippen LogP) is 6.01. The minimum atomic E-state index is -0.241. The molecule has 0 fully saturated rings. The number of urea groups is 1. The molecule has 2 aromatic heterocycles. The third-order valence-electron chi connectivity index (χ3n) is 6.34. The van der Waals surface area contributed by atoms with E-state index >= 15 is 0 Å². The Bertz CT molecular complexity index is 1240. The third kappa shape index (κ3) is 6.08. The first-order valence-corrected chi connectivity index (χ1v) is 12.3. The Labute approximate surface area is 208 Å². The van der Waals surface area contributed by atoms with Gasteiger partial charge >= 0.3 is 6.03 Å². The van der Waals surface area contributed by atoms with Gasteiger partial charge in [-0.3, -0.25) is 9.88 Å². The second-order valence-electron chi connectivity index (χ2n) is 9.43. The highest BCUT2D eigenvalue weighted by Gasteiger charge is 2.15. The van der Waals surface area contributed by atoms with E-state index in [2.05, 4.69) is 83.2 Å². The standard InChI is InChI=1S/C29H35N5O/c1-21(2)33(22(3)4)17-15-24-20-34(28-10-6-5-9-27(24)28)26-13-11-25(12-14-26)32-29(35)31-19-23-8-7-16-30-18-23/h5-14,16,18,20-22H,15,17,19H2,1-4H3,(H2,31,32,35). The highest BCUT2D eigenvalue weighted by molar-refractivity contribution is 5.89. The second kappa shape index (κ2) is 11.2. The Morgan fingerprint density at radius 1 is 0.971 bits per heavy atom. The van der Waals surface area contributed by atoms with Crippen LogP contribution >= 0.6 is 0 Å². The lowest BCUT2D eigenvalue weighted by Gasteiger charge is -2.30. The highest BCUT2D eigenvalue weighted by atomic mass is 16.2. The minimum absolute atomic E-state index is 0.241. The maximum Gasteiger partial charge on any atom is 0.319 e. The van der Waals surface area contributed by atoms with Crippen molar-refractivity contribution in [2.24, 2.45) is 0 Å². The van der Waals surface area contributed by atoms with Crippen LogP contribution in [0.3, 0.4) is 0 Å². The van der Waals surface area contributed by atoms with Gasteiger partial charge in [0.15, 0.2) is 0 Å². The van der Waals surface area contributed by atoms with Gasteiger partial charge in [-0.15, -0.1) is 0 Å². The van der Waals surface area contributed by atoms with E-state index in [9.17, 15) is 4.79 Å². The van der Waals surface area contributed by atoms with Crippen molar-refractivity contribution < 1.29 is 4.79 Å². The first kappa shape index (κ1) is 24.5. The first-order chi connectivity index (χ1) is 16.9. The number of anilines is 1.